The number of hydrogen-bond acceptors (Lipinski definition) is 3. The Morgan fingerprint density at radius 2 is 2.10 bits per heavy atom. The van der Waals surface area contributed by atoms with Crippen molar-refractivity contribution in [2.45, 2.75) is 6.92 Å². The van der Waals surface area contributed by atoms with Gasteiger partial charge in [0.2, 0.25) is 0 Å². The summed E-state index contributed by atoms with van der Waals surface area (Å²) in [6, 6.07) is 13.8. The Morgan fingerprint density at radius 3 is 2.75 bits per heavy atom. The highest BCUT2D eigenvalue weighted by molar-refractivity contribution is 7.80. The number of nitrogens with zero attached hydrogens (tertiary/aromatic N) is 1. The van der Waals surface area contributed by atoms with Crippen molar-refractivity contribution in [3.63, 3.8) is 0 Å². The minimum atomic E-state index is 0.0860. The summed E-state index contributed by atoms with van der Waals surface area (Å²) in [6.45, 7) is 2.47. The number of hydrogen-bond donors (Lipinski definition) is 1. The molecule has 0 atom stereocenters. The zero-order chi connectivity index (χ0) is 14.5. The molecule has 2 rings (SSSR count). The lowest BCUT2D eigenvalue weighted by Crippen LogP contribution is -2.09. The van der Waals surface area contributed by atoms with Gasteiger partial charge in [-0.1, -0.05) is 42.5 Å². The minimum Gasteiger partial charge on any atom is -0.493 e. The van der Waals surface area contributed by atoms with Crippen LogP contribution in [0.25, 0.3) is 16.8 Å². The van der Waals surface area contributed by atoms with Crippen LogP contribution < -0.4 is 10.5 Å². The predicted octanol–water partition coefficient (Wildman–Crippen LogP) is 3.43. The molecule has 2 N–H and O–H groups in total. The van der Waals surface area contributed by atoms with Crippen LogP contribution in [0.15, 0.2) is 42.0 Å². The summed E-state index contributed by atoms with van der Waals surface area (Å²) in [4.78, 5) is 0.0860. The highest BCUT2D eigenvalue weighted by Crippen LogP contribution is 2.30. The summed E-state index contributed by atoms with van der Waals surface area (Å²) < 4.78 is 5.63. The summed E-state index contributed by atoms with van der Waals surface area (Å²) in [6.07, 6.45) is 1.69. The lowest BCUT2D eigenvalue weighted by molar-refractivity contribution is 0.340. The molecule has 3 nitrogen and oxygen atoms in total. The Bertz CT molecular complexity index is 729. The van der Waals surface area contributed by atoms with Crippen LogP contribution in [0.1, 0.15) is 12.5 Å². The molecule has 0 spiro atoms. The Kier molecular flexibility index (Phi) is 4.34. The Labute approximate surface area is 123 Å². The van der Waals surface area contributed by atoms with Gasteiger partial charge in [0, 0.05) is 5.56 Å². The van der Waals surface area contributed by atoms with Gasteiger partial charge in [-0.3, -0.25) is 0 Å². The van der Waals surface area contributed by atoms with Crippen molar-refractivity contribution in [1.29, 1.82) is 5.26 Å². The Hall–Kier alpha value is -2.38. The zero-order valence-corrected chi connectivity index (χ0v) is 11.9. The molecular weight excluding hydrogens is 268 g/mol. The number of fused-ring (bicyclic) bond motifs is 1. The van der Waals surface area contributed by atoms with Crippen molar-refractivity contribution in [1.82, 2.24) is 0 Å². The van der Waals surface area contributed by atoms with Crippen LogP contribution in [0.2, 0.25) is 0 Å². The molecule has 0 unspecified atom stereocenters. The first-order valence-corrected chi connectivity index (χ1v) is 6.64. The summed E-state index contributed by atoms with van der Waals surface area (Å²) in [5, 5.41) is 11.2. The highest BCUT2D eigenvalue weighted by atomic mass is 32.1. The van der Waals surface area contributed by atoms with Gasteiger partial charge in [-0.05, 0) is 29.8 Å². The van der Waals surface area contributed by atoms with Crippen molar-refractivity contribution >= 4 is 34.1 Å². The molecule has 0 radical (unpaired) electrons. The van der Waals surface area contributed by atoms with E-state index in [1.165, 1.54) is 0 Å². The third-order valence-electron chi connectivity index (χ3n) is 2.91. The average Bonchev–Trinajstić information content (AvgIpc) is 2.46. The normalized spacial score (nSPS) is 11.1. The van der Waals surface area contributed by atoms with Gasteiger partial charge in [0.1, 0.15) is 16.8 Å². The van der Waals surface area contributed by atoms with Gasteiger partial charge in [0.25, 0.3) is 0 Å². The molecule has 2 aromatic rings. The third kappa shape index (κ3) is 2.79. The van der Waals surface area contributed by atoms with E-state index in [2.05, 4.69) is 0 Å². The monoisotopic (exact) mass is 282 g/mol. The van der Waals surface area contributed by atoms with E-state index in [9.17, 15) is 0 Å². The molecule has 2 aromatic carbocycles. The molecule has 0 aromatic heterocycles. The van der Waals surface area contributed by atoms with Crippen molar-refractivity contribution in [2.75, 3.05) is 6.61 Å². The largest absolute Gasteiger partial charge is 0.493 e. The molecule has 4 heteroatoms. The van der Waals surface area contributed by atoms with E-state index in [0.717, 1.165) is 22.1 Å². The Balaban J connectivity index is 2.73. The number of nitriles is 1. The van der Waals surface area contributed by atoms with E-state index in [0.29, 0.717) is 6.61 Å². The molecule has 0 aliphatic heterocycles. The smallest absolute Gasteiger partial charge is 0.127 e. The van der Waals surface area contributed by atoms with Crippen LogP contribution in [0.3, 0.4) is 0 Å². The maximum Gasteiger partial charge on any atom is 0.127 e. The molecule has 0 saturated carbocycles. The predicted molar refractivity (Wildman–Crippen MR) is 85.5 cm³/mol. The van der Waals surface area contributed by atoms with E-state index < -0.39 is 0 Å². The second-order valence-electron chi connectivity index (χ2n) is 4.17. The summed E-state index contributed by atoms with van der Waals surface area (Å²) >= 11 is 4.89. The van der Waals surface area contributed by atoms with Crippen LogP contribution in [0.5, 0.6) is 5.75 Å². The fourth-order valence-corrected chi connectivity index (χ4v) is 2.11. The van der Waals surface area contributed by atoms with Crippen molar-refractivity contribution in [3.8, 4) is 11.8 Å². The van der Waals surface area contributed by atoms with E-state index >= 15 is 0 Å². The molecule has 20 heavy (non-hydrogen) atoms. The van der Waals surface area contributed by atoms with Crippen LogP contribution in [0, 0.1) is 11.3 Å². The lowest BCUT2D eigenvalue weighted by Gasteiger charge is -2.11. The fourth-order valence-electron chi connectivity index (χ4n) is 2.01. The first kappa shape index (κ1) is 14.0. The number of ether oxygens (including phenoxy) is 1. The molecule has 0 aliphatic rings. The molecule has 0 amide bonds. The van der Waals surface area contributed by atoms with Gasteiger partial charge in [-0.2, -0.15) is 5.26 Å². The van der Waals surface area contributed by atoms with Crippen molar-refractivity contribution < 1.29 is 4.74 Å². The zero-order valence-electron chi connectivity index (χ0n) is 11.1. The first-order chi connectivity index (χ1) is 9.67. The maximum atomic E-state index is 9.12. The van der Waals surface area contributed by atoms with Crippen LogP contribution >= 0.6 is 12.2 Å². The van der Waals surface area contributed by atoms with Gasteiger partial charge >= 0.3 is 0 Å². The van der Waals surface area contributed by atoms with E-state index in [1.54, 1.807) is 6.08 Å². The van der Waals surface area contributed by atoms with Crippen molar-refractivity contribution in [2.24, 2.45) is 5.73 Å². The summed E-state index contributed by atoms with van der Waals surface area (Å²) in [5.41, 5.74) is 6.67. The summed E-state index contributed by atoms with van der Waals surface area (Å²) in [5.74, 6) is 0.718. The van der Waals surface area contributed by atoms with Gasteiger partial charge < -0.3 is 10.5 Å². The first-order valence-electron chi connectivity index (χ1n) is 6.23. The minimum absolute atomic E-state index is 0.0860. The molecule has 100 valence electrons. The Morgan fingerprint density at radius 1 is 1.35 bits per heavy atom. The molecule has 0 saturated heterocycles. The standard InChI is InChI=1S/C16H14N2OS/c1-2-19-15-8-7-11-5-3-4-6-13(11)14(15)9-12(10-17)16(18)20/h3-9H,2H2,1H3,(H2,18,20)/b12-9+. The van der Waals surface area contributed by atoms with Gasteiger partial charge in [0.05, 0.1) is 12.2 Å². The van der Waals surface area contributed by atoms with E-state index in [4.69, 9.17) is 28.0 Å². The topological polar surface area (TPSA) is 59.0 Å². The van der Waals surface area contributed by atoms with Gasteiger partial charge in [-0.15, -0.1) is 0 Å². The average molecular weight is 282 g/mol. The van der Waals surface area contributed by atoms with E-state index in [-0.39, 0.29) is 10.6 Å². The maximum absolute atomic E-state index is 9.12. The molecule has 0 fully saturated rings. The lowest BCUT2D eigenvalue weighted by atomic mass is 10.0. The van der Waals surface area contributed by atoms with E-state index in [1.807, 2.05) is 49.4 Å². The molecule has 0 bridgehead atoms. The van der Waals surface area contributed by atoms with Crippen LogP contribution in [-0.2, 0) is 0 Å². The van der Waals surface area contributed by atoms with Gasteiger partial charge in [0.15, 0.2) is 0 Å². The van der Waals surface area contributed by atoms with Crippen LogP contribution in [0.4, 0.5) is 0 Å². The highest BCUT2D eigenvalue weighted by Gasteiger charge is 2.09. The summed E-state index contributed by atoms with van der Waals surface area (Å²) in [7, 11) is 0. The van der Waals surface area contributed by atoms with Crippen LogP contribution in [-0.4, -0.2) is 11.6 Å². The fraction of sp³-hybridized carbons (Fsp3) is 0.125. The SMILES string of the molecule is CCOc1ccc2ccccc2c1/C=C(\C#N)C(N)=S. The number of rotatable bonds is 4. The molecule has 0 heterocycles. The second-order valence-corrected chi connectivity index (χ2v) is 4.61. The third-order valence-corrected chi connectivity index (χ3v) is 3.13. The number of nitrogens with two attached hydrogens (primary N) is 1. The molecule has 0 aliphatic carbocycles. The number of benzene rings is 2. The second kappa shape index (κ2) is 6.18. The quantitative estimate of drug-likeness (QED) is 0.530. The van der Waals surface area contributed by atoms with Crippen molar-refractivity contribution in [3.05, 3.63) is 47.5 Å². The molecular formula is C16H14N2OS. The van der Waals surface area contributed by atoms with Gasteiger partial charge in [-0.25, -0.2) is 0 Å². The number of thiocarbonyl (C=S) groups is 1.